The topological polar surface area (TPSA) is 81.4 Å². The van der Waals surface area contributed by atoms with Crippen molar-refractivity contribution in [3.05, 3.63) is 29.3 Å². The molecular formula is C15H20N2O3S. The molecule has 6 heteroatoms. The average molecular weight is 308 g/mol. The van der Waals surface area contributed by atoms with Gasteiger partial charge in [0.15, 0.2) is 0 Å². The van der Waals surface area contributed by atoms with Crippen LogP contribution < -0.4 is 11.1 Å². The quantitative estimate of drug-likeness (QED) is 0.775. The Morgan fingerprint density at radius 2 is 2.14 bits per heavy atom. The smallest absolute Gasteiger partial charge is 0.323 e. The molecule has 0 saturated heterocycles. The summed E-state index contributed by atoms with van der Waals surface area (Å²) in [5.41, 5.74) is 9.14. The SMILES string of the molecule is COC(=O)C(N)CSCC(=O)Nc1ccc2c(c1)CCC2. The van der Waals surface area contributed by atoms with E-state index in [0.29, 0.717) is 5.75 Å². The van der Waals surface area contributed by atoms with Crippen LogP contribution in [0.3, 0.4) is 0 Å². The lowest BCUT2D eigenvalue weighted by Gasteiger charge is -2.09. The monoisotopic (exact) mass is 308 g/mol. The number of rotatable bonds is 6. The largest absolute Gasteiger partial charge is 0.468 e. The summed E-state index contributed by atoms with van der Waals surface area (Å²) in [6.07, 6.45) is 3.40. The lowest BCUT2D eigenvalue weighted by molar-refractivity contribution is -0.141. The Balaban J connectivity index is 1.76. The Morgan fingerprint density at radius 3 is 2.90 bits per heavy atom. The van der Waals surface area contributed by atoms with Gasteiger partial charge in [0.05, 0.1) is 12.9 Å². The van der Waals surface area contributed by atoms with Crippen molar-refractivity contribution in [2.75, 3.05) is 23.9 Å². The van der Waals surface area contributed by atoms with E-state index in [4.69, 9.17) is 5.73 Å². The second kappa shape index (κ2) is 7.47. The Hall–Kier alpha value is -1.53. The molecule has 3 N–H and O–H groups in total. The zero-order chi connectivity index (χ0) is 15.2. The van der Waals surface area contributed by atoms with Gasteiger partial charge in [-0.1, -0.05) is 6.07 Å². The number of nitrogens with one attached hydrogen (secondary N) is 1. The number of benzene rings is 1. The number of nitrogens with two attached hydrogens (primary N) is 1. The van der Waals surface area contributed by atoms with E-state index in [1.165, 1.54) is 36.4 Å². The number of ether oxygens (including phenoxy) is 1. The number of esters is 1. The zero-order valence-corrected chi connectivity index (χ0v) is 12.9. The molecule has 1 aliphatic carbocycles. The van der Waals surface area contributed by atoms with Gasteiger partial charge in [-0.2, -0.15) is 0 Å². The van der Waals surface area contributed by atoms with Gasteiger partial charge in [-0.3, -0.25) is 9.59 Å². The molecule has 0 aliphatic heterocycles. The third-order valence-corrected chi connectivity index (χ3v) is 4.48. The molecule has 0 bridgehead atoms. The summed E-state index contributed by atoms with van der Waals surface area (Å²) in [5.74, 6) is 0.0861. The highest BCUT2D eigenvalue weighted by Gasteiger charge is 2.15. The molecule has 1 aromatic carbocycles. The lowest BCUT2D eigenvalue weighted by Crippen LogP contribution is -2.34. The van der Waals surface area contributed by atoms with Crippen molar-refractivity contribution in [2.24, 2.45) is 5.73 Å². The Morgan fingerprint density at radius 1 is 1.38 bits per heavy atom. The first kappa shape index (κ1) is 15.9. The number of hydrogen-bond donors (Lipinski definition) is 2. The first-order valence-corrected chi connectivity index (χ1v) is 8.08. The van der Waals surface area contributed by atoms with Gasteiger partial charge >= 0.3 is 5.97 Å². The van der Waals surface area contributed by atoms with E-state index in [9.17, 15) is 9.59 Å². The summed E-state index contributed by atoms with van der Waals surface area (Å²) in [4.78, 5) is 23.0. The highest BCUT2D eigenvalue weighted by Crippen LogP contribution is 2.24. The maximum Gasteiger partial charge on any atom is 0.323 e. The van der Waals surface area contributed by atoms with Gasteiger partial charge in [-0.05, 0) is 42.5 Å². The molecule has 1 aliphatic rings. The van der Waals surface area contributed by atoms with Crippen LogP contribution in [0.5, 0.6) is 0 Å². The minimum atomic E-state index is -0.687. The molecular weight excluding hydrogens is 288 g/mol. The Labute approximate surface area is 128 Å². The van der Waals surface area contributed by atoms with E-state index in [1.54, 1.807) is 0 Å². The van der Waals surface area contributed by atoms with Crippen LogP contribution in [0, 0.1) is 0 Å². The average Bonchev–Trinajstić information content (AvgIpc) is 2.93. The van der Waals surface area contributed by atoms with E-state index < -0.39 is 12.0 Å². The summed E-state index contributed by atoms with van der Waals surface area (Å²) in [6.45, 7) is 0. The standard InChI is InChI=1S/C15H20N2O3S/c1-20-15(19)13(16)8-21-9-14(18)17-12-6-5-10-3-2-4-11(10)7-12/h5-7,13H,2-4,8-9,16H2,1H3,(H,17,18). The number of carbonyl (C=O) groups is 2. The minimum absolute atomic E-state index is 0.0880. The number of amides is 1. The van der Waals surface area contributed by atoms with Gasteiger partial charge < -0.3 is 15.8 Å². The number of methoxy groups -OCH3 is 1. The van der Waals surface area contributed by atoms with Crippen LogP contribution in [0.4, 0.5) is 5.69 Å². The molecule has 1 amide bonds. The fraction of sp³-hybridized carbons (Fsp3) is 0.467. The normalized spacial score (nSPS) is 14.4. The summed E-state index contributed by atoms with van der Waals surface area (Å²) in [5, 5.41) is 2.87. The number of thioether (sulfide) groups is 1. The van der Waals surface area contributed by atoms with Crippen LogP contribution in [-0.4, -0.2) is 36.5 Å². The first-order chi connectivity index (χ1) is 10.1. The van der Waals surface area contributed by atoms with Gasteiger partial charge in [0.1, 0.15) is 6.04 Å². The van der Waals surface area contributed by atoms with E-state index >= 15 is 0 Å². The molecule has 0 aromatic heterocycles. The number of fused-ring (bicyclic) bond motifs is 1. The van der Waals surface area contributed by atoms with Gasteiger partial charge in [0, 0.05) is 11.4 Å². The molecule has 0 saturated carbocycles. The maximum absolute atomic E-state index is 11.8. The van der Waals surface area contributed by atoms with Crippen molar-refractivity contribution >= 4 is 29.3 Å². The predicted octanol–water partition coefficient (Wildman–Crippen LogP) is 1.35. The van der Waals surface area contributed by atoms with Crippen molar-refractivity contribution < 1.29 is 14.3 Å². The minimum Gasteiger partial charge on any atom is -0.468 e. The molecule has 1 aromatic rings. The molecule has 0 fully saturated rings. The van der Waals surface area contributed by atoms with Crippen LogP contribution in [0.25, 0.3) is 0 Å². The van der Waals surface area contributed by atoms with Gasteiger partial charge in [0.2, 0.25) is 5.91 Å². The summed E-state index contributed by atoms with van der Waals surface area (Å²) in [7, 11) is 1.30. The fourth-order valence-corrected chi connectivity index (χ4v) is 3.11. The van der Waals surface area contributed by atoms with Crippen molar-refractivity contribution in [1.29, 1.82) is 0 Å². The second-order valence-corrected chi connectivity index (χ2v) is 6.06. The lowest BCUT2D eigenvalue weighted by atomic mass is 10.1. The number of hydrogen-bond acceptors (Lipinski definition) is 5. The number of carbonyl (C=O) groups excluding carboxylic acids is 2. The molecule has 5 nitrogen and oxygen atoms in total. The van der Waals surface area contributed by atoms with Crippen molar-refractivity contribution in [3.8, 4) is 0 Å². The van der Waals surface area contributed by atoms with Crippen molar-refractivity contribution in [2.45, 2.75) is 25.3 Å². The third-order valence-electron chi connectivity index (χ3n) is 3.42. The second-order valence-electron chi connectivity index (χ2n) is 5.03. The van der Waals surface area contributed by atoms with E-state index in [-0.39, 0.29) is 11.7 Å². The highest BCUT2D eigenvalue weighted by atomic mass is 32.2. The molecule has 21 heavy (non-hydrogen) atoms. The predicted molar refractivity (Wildman–Crippen MR) is 84.4 cm³/mol. The number of anilines is 1. The fourth-order valence-electron chi connectivity index (χ4n) is 2.34. The molecule has 2 rings (SSSR count). The molecule has 0 radical (unpaired) electrons. The maximum atomic E-state index is 11.8. The summed E-state index contributed by atoms with van der Waals surface area (Å²) >= 11 is 1.32. The Bertz CT molecular complexity index is 534. The molecule has 114 valence electrons. The third kappa shape index (κ3) is 4.47. The van der Waals surface area contributed by atoms with Crippen LogP contribution in [-0.2, 0) is 27.2 Å². The molecule has 0 heterocycles. The van der Waals surface area contributed by atoms with E-state index in [2.05, 4.69) is 16.1 Å². The number of aryl methyl sites for hydroxylation is 2. The zero-order valence-electron chi connectivity index (χ0n) is 12.1. The van der Waals surface area contributed by atoms with Gasteiger partial charge in [0.25, 0.3) is 0 Å². The molecule has 1 atom stereocenters. The van der Waals surface area contributed by atoms with Crippen molar-refractivity contribution in [3.63, 3.8) is 0 Å². The van der Waals surface area contributed by atoms with Crippen LogP contribution in [0.15, 0.2) is 18.2 Å². The van der Waals surface area contributed by atoms with E-state index in [0.717, 1.165) is 18.5 Å². The molecule has 1 unspecified atom stereocenters. The van der Waals surface area contributed by atoms with Crippen LogP contribution >= 0.6 is 11.8 Å². The van der Waals surface area contributed by atoms with Gasteiger partial charge in [-0.25, -0.2) is 0 Å². The van der Waals surface area contributed by atoms with E-state index in [1.807, 2.05) is 12.1 Å². The van der Waals surface area contributed by atoms with Crippen molar-refractivity contribution in [1.82, 2.24) is 0 Å². The van der Waals surface area contributed by atoms with Crippen LogP contribution in [0.2, 0.25) is 0 Å². The summed E-state index contributed by atoms with van der Waals surface area (Å²) in [6, 6.07) is 5.38. The first-order valence-electron chi connectivity index (χ1n) is 6.93. The molecule has 0 spiro atoms. The summed E-state index contributed by atoms with van der Waals surface area (Å²) < 4.78 is 4.53. The van der Waals surface area contributed by atoms with Gasteiger partial charge in [-0.15, -0.1) is 11.8 Å². The highest BCUT2D eigenvalue weighted by molar-refractivity contribution is 8.00. The Kier molecular flexibility index (Phi) is 5.64. The van der Waals surface area contributed by atoms with Crippen LogP contribution in [0.1, 0.15) is 17.5 Å².